The van der Waals surface area contributed by atoms with Crippen molar-refractivity contribution < 1.29 is 0 Å². The van der Waals surface area contributed by atoms with Crippen molar-refractivity contribution >= 4 is 0 Å². The van der Waals surface area contributed by atoms with Crippen LogP contribution in [0.4, 0.5) is 0 Å². The largest absolute Gasteiger partial charge is 0.281 e. The van der Waals surface area contributed by atoms with Gasteiger partial charge < -0.3 is 0 Å². The molecule has 28 heavy (non-hydrogen) atoms. The van der Waals surface area contributed by atoms with E-state index < -0.39 is 0 Å². The van der Waals surface area contributed by atoms with Gasteiger partial charge in [0.05, 0.1) is 52.4 Å². The summed E-state index contributed by atoms with van der Waals surface area (Å²) < 4.78 is 0. The van der Waals surface area contributed by atoms with Gasteiger partial charge in [0.25, 0.3) is 0 Å². The summed E-state index contributed by atoms with van der Waals surface area (Å²) in [6.45, 7) is 18.6. The van der Waals surface area contributed by atoms with E-state index in [2.05, 4.69) is 94.7 Å². The molecule has 1 heterocycles. The molecule has 0 unspecified atom stereocenters. The first-order chi connectivity index (χ1) is 13.7. The van der Waals surface area contributed by atoms with Gasteiger partial charge in [0, 0.05) is 0 Å². The van der Waals surface area contributed by atoms with Crippen LogP contribution in [0.5, 0.6) is 0 Å². The van der Waals surface area contributed by atoms with E-state index >= 15 is 0 Å². The molecule has 1 aliphatic rings. The molecule has 0 aliphatic carbocycles. The summed E-state index contributed by atoms with van der Waals surface area (Å²) in [4.78, 5) is 9.07. The van der Waals surface area contributed by atoms with Gasteiger partial charge in [-0.15, -0.1) is 0 Å². The van der Waals surface area contributed by atoms with E-state index in [1.807, 2.05) is 0 Å². The first-order valence-corrected chi connectivity index (χ1v) is 10.5. The van der Waals surface area contributed by atoms with Gasteiger partial charge in [0.2, 0.25) is 0 Å². The fraction of sp³-hybridized carbons (Fsp3) is 0.667. The maximum absolute atomic E-state index is 3.29. The van der Waals surface area contributed by atoms with Crippen LogP contribution in [-0.2, 0) is 0 Å². The van der Waals surface area contributed by atoms with Crippen molar-refractivity contribution in [3.63, 3.8) is 0 Å². The first-order valence-electron chi connectivity index (χ1n) is 10.5. The van der Waals surface area contributed by atoms with E-state index in [1.54, 1.807) is 0 Å². The molecular formula is C24H36N4. The number of rotatable bonds is 4. The maximum atomic E-state index is 3.29. The molecule has 0 spiro atoms. The summed E-state index contributed by atoms with van der Waals surface area (Å²) in [5.74, 6) is 26.3. The van der Waals surface area contributed by atoms with Crippen molar-refractivity contribution in [2.24, 2.45) is 0 Å². The molecule has 0 saturated heterocycles. The second kappa shape index (κ2) is 16.1. The fourth-order valence-electron chi connectivity index (χ4n) is 2.46. The van der Waals surface area contributed by atoms with Crippen molar-refractivity contribution in [1.29, 1.82) is 0 Å². The highest BCUT2D eigenvalue weighted by Crippen LogP contribution is 1.90. The fourth-order valence-corrected chi connectivity index (χ4v) is 2.46. The highest BCUT2D eigenvalue weighted by Gasteiger charge is 2.01. The van der Waals surface area contributed by atoms with Crippen LogP contribution >= 0.6 is 0 Å². The third-order valence-corrected chi connectivity index (χ3v) is 4.71. The van der Waals surface area contributed by atoms with Crippen LogP contribution in [0.15, 0.2) is 0 Å². The summed E-state index contributed by atoms with van der Waals surface area (Å²) in [6, 6.07) is 0. The molecule has 0 atom stereocenters. The van der Waals surface area contributed by atoms with E-state index in [0.29, 0.717) is 0 Å². The Kier molecular flexibility index (Phi) is 13.8. The minimum absolute atomic E-state index is 0.767. The Hall–Kier alpha value is -1.92. The normalized spacial score (nSPS) is 19.0. The molecule has 0 amide bonds. The lowest BCUT2D eigenvalue weighted by Crippen LogP contribution is -2.27. The minimum atomic E-state index is 0.767. The smallest absolute Gasteiger partial charge is 0.0610 e. The molecule has 1 aliphatic heterocycles. The monoisotopic (exact) mass is 380 g/mol. The van der Waals surface area contributed by atoms with Crippen molar-refractivity contribution in [2.45, 2.75) is 27.7 Å². The Morgan fingerprint density at radius 3 is 0.607 bits per heavy atom. The predicted octanol–water partition coefficient (Wildman–Crippen LogP) is 1.30. The molecule has 0 aromatic rings. The molecule has 0 aromatic carbocycles. The van der Waals surface area contributed by atoms with Gasteiger partial charge in [0.15, 0.2) is 0 Å². The van der Waals surface area contributed by atoms with Crippen LogP contribution in [0.2, 0.25) is 0 Å². The number of hydrogen-bond acceptors (Lipinski definition) is 4. The second-order valence-corrected chi connectivity index (χ2v) is 6.63. The molecule has 152 valence electrons. The average Bonchev–Trinajstić information content (AvgIpc) is 2.72. The van der Waals surface area contributed by atoms with Crippen molar-refractivity contribution in [3.05, 3.63) is 0 Å². The van der Waals surface area contributed by atoms with E-state index in [-0.39, 0.29) is 0 Å². The van der Waals surface area contributed by atoms with Gasteiger partial charge in [-0.25, -0.2) is 0 Å². The molecular weight excluding hydrogens is 344 g/mol. The predicted molar refractivity (Wildman–Crippen MR) is 120 cm³/mol. The van der Waals surface area contributed by atoms with Crippen LogP contribution in [-0.4, -0.2) is 98.1 Å². The summed E-state index contributed by atoms with van der Waals surface area (Å²) in [7, 11) is 0. The Labute approximate surface area is 173 Å². The highest BCUT2D eigenvalue weighted by atomic mass is 15.1. The first kappa shape index (κ1) is 24.1. The second-order valence-electron chi connectivity index (χ2n) is 6.63. The zero-order valence-electron chi connectivity index (χ0n) is 18.3. The summed E-state index contributed by atoms with van der Waals surface area (Å²) in [5, 5.41) is 0. The molecule has 0 bridgehead atoms. The van der Waals surface area contributed by atoms with Gasteiger partial charge in [-0.1, -0.05) is 75.1 Å². The molecule has 0 radical (unpaired) electrons. The molecule has 1 rings (SSSR count). The average molecular weight is 381 g/mol. The van der Waals surface area contributed by atoms with Gasteiger partial charge in [-0.05, 0) is 26.2 Å². The zero-order valence-corrected chi connectivity index (χ0v) is 18.3. The third-order valence-electron chi connectivity index (χ3n) is 4.71. The van der Waals surface area contributed by atoms with Crippen LogP contribution in [0, 0.1) is 47.4 Å². The standard InChI is InChI=1S/C24H36N4/c1-5-25-17-9-11-19-26(6-2)21-13-15-23-28(8-4)24-16-14-22-27(7-3)20-12-10-18-25/h5-8,17-24H2,1-4H3. The van der Waals surface area contributed by atoms with Crippen molar-refractivity contribution in [1.82, 2.24) is 19.6 Å². The van der Waals surface area contributed by atoms with Gasteiger partial charge in [-0.2, -0.15) is 0 Å². The Morgan fingerprint density at radius 2 is 0.500 bits per heavy atom. The lowest BCUT2D eigenvalue weighted by Gasteiger charge is -2.16. The van der Waals surface area contributed by atoms with Crippen LogP contribution in [0.3, 0.4) is 0 Å². The maximum Gasteiger partial charge on any atom is 0.0610 e. The van der Waals surface area contributed by atoms with E-state index in [0.717, 1.165) is 78.5 Å². The molecule has 4 heteroatoms. The topological polar surface area (TPSA) is 13.0 Å². The lowest BCUT2D eigenvalue weighted by molar-refractivity contribution is 0.354. The Bertz CT molecular complexity index is 508. The SMILES string of the molecule is CCN1CC#CCN(CC)CC#CCN(CC)CC#CCN(CC)CC#CC1. The third kappa shape index (κ3) is 11.0. The highest BCUT2D eigenvalue weighted by molar-refractivity contribution is 5.11. The van der Waals surface area contributed by atoms with Crippen LogP contribution in [0.25, 0.3) is 0 Å². The van der Waals surface area contributed by atoms with Crippen LogP contribution < -0.4 is 0 Å². The van der Waals surface area contributed by atoms with Gasteiger partial charge >= 0.3 is 0 Å². The van der Waals surface area contributed by atoms with E-state index in [9.17, 15) is 0 Å². The summed E-state index contributed by atoms with van der Waals surface area (Å²) >= 11 is 0. The van der Waals surface area contributed by atoms with E-state index in [4.69, 9.17) is 0 Å². The molecule has 4 nitrogen and oxygen atoms in total. The Balaban J connectivity index is 2.82. The lowest BCUT2D eigenvalue weighted by atomic mass is 10.4. The minimum Gasteiger partial charge on any atom is -0.281 e. The van der Waals surface area contributed by atoms with Gasteiger partial charge in [0.1, 0.15) is 0 Å². The molecule has 0 fully saturated rings. The molecule has 0 N–H and O–H groups in total. The summed E-state index contributed by atoms with van der Waals surface area (Å²) in [6.07, 6.45) is 0. The van der Waals surface area contributed by atoms with Crippen molar-refractivity contribution in [2.75, 3.05) is 78.5 Å². The van der Waals surface area contributed by atoms with E-state index in [1.165, 1.54) is 0 Å². The Morgan fingerprint density at radius 1 is 0.357 bits per heavy atom. The number of nitrogens with zero attached hydrogens (tertiary/aromatic N) is 4. The zero-order chi connectivity index (χ0) is 20.5. The molecule has 0 aromatic heterocycles. The van der Waals surface area contributed by atoms with Crippen LogP contribution in [0.1, 0.15) is 27.7 Å². The number of hydrogen-bond donors (Lipinski definition) is 0. The molecule has 0 saturated carbocycles. The quantitative estimate of drug-likeness (QED) is 0.682. The summed E-state index contributed by atoms with van der Waals surface area (Å²) in [5.41, 5.74) is 0. The van der Waals surface area contributed by atoms with Crippen molar-refractivity contribution in [3.8, 4) is 47.4 Å². The van der Waals surface area contributed by atoms with Gasteiger partial charge in [-0.3, -0.25) is 19.6 Å².